The predicted molar refractivity (Wildman–Crippen MR) is 65.0 cm³/mol. The second-order valence-corrected chi connectivity index (χ2v) is 4.49. The van der Waals surface area contributed by atoms with Gasteiger partial charge in [0.15, 0.2) is 0 Å². The first-order valence-electron chi connectivity index (χ1n) is 4.82. The average Bonchev–Trinajstić information content (AvgIpc) is 2.17. The number of anilines is 1. The van der Waals surface area contributed by atoms with Gasteiger partial charge < -0.3 is 15.7 Å². The number of carboxylic acid groups (broad SMARTS) is 1. The summed E-state index contributed by atoms with van der Waals surface area (Å²) in [6, 6.07) is 7.14. The summed E-state index contributed by atoms with van der Waals surface area (Å²) in [4.78, 5) is 12.7. The molecule has 1 aromatic carbocycles. The van der Waals surface area contributed by atoms with Crippen LogP contribution in [0.15, 0.2) is 24.3 Å². The van der Waals surface area contributed by atoms with Crippen molar-refractivity contribution in [1.29, 1.82) is 0 Å². The van der Waals surface area contributed by atoms with Gasteiger partial charge in [0.1, 0.15) is 5.54 Å². The van der Waals surface area contributed by atoms with E-state index in [2.05, 4.69) is 0 Å². The molecule has 16 heavy (non-hydrogen) atoms. The average molecular weight is 243 g/mol. The lowest BCUT2D eigenvalue weighted by Crippen LogP contribution is -2.53. The Morgan fingerprint density at radius 3 is 2.44 bits per heavy atom. The second kappa shape index (κ2) is 4.72. The van der Waals surface area contributed by atoms with Gasteiger partial charge in [-0.3, -0.25) is 4.79 Å². The summed E-state index contributed by atoms with van der Waals surface area (Å²) in [5.41, 5.74) is 5.27. The summed E-state index contributed by atoms with van der Waals surface area (Å²) < 4.78 is 0. The lowest BCUT2D eigenvalue weighted by atomic mass is 10.0. The molecule has 1 aromatic rings. The number of rotatable bonds is 4. The zero-order valence-corrected chi connectivity index (χ0v) is 10.0. The van der Waals surface area contributed by atoms with Gasteiger partial charge in [-0.2, -0.15) is 0 Å². The van der Waals surface area contributed by atoms with Crippen LogP contribution in [0.25, 0.3) is 0 Å². The fourth-order valence-electron chi connectivity index (χ4n) is 1.35. The van der Waals surface area contributed by atoms with E-state index in [1.54, 1.807) is 24.1 Å². The Bertz CT molecular complexity index is 376. The number of carboxylic acids is 1. The first-order chi connectivity index (χ1) is 7.33. The third-order valence-electron chi connectivity index (χ3n) is 2.32. The fraction of sp³-hybridized carbons (Fsp3) is 0.364. The van der Waals surface area contributed by atoms with Crippen LogP contribution < -0.4 is 10.6 Å². The van der Waals surface area contributed by atoms with Crippen molar-refractivity contribution in [3.05, 3.63) is 29.3 Å². The molecule has 4 nitrogen and oxygen atoms in total. The zero-order valence-electron chi connectivity index (χ0n) is 9.27. The van der Waals surface area contributed by atoms with E-state index in [0.717, 1.165) is 5.69 Å². The van der Waals surface area contributed by atoms with Crippen LogP contribution in [0, 0.1) is 0 Å². The normalized spacial score (nSPS) is 14.2. The lowest BCUT2D eigenvalue weighted by Gasteiger charge is -2.28. The third-order valence-corrected chi connectivity index (χ3v) is 2.57. The minimum Gasteiger partial charge on any atom is -0.480 e. The zero-order chi connectivity index (χ0) is 12.3. The van der Waals surface area contributed by atoms with Crippen LogP contribution in [-0.4, -0.2) is 30.2 Å². The van der Waals surface area contributed by atoms with E-state index in [1.165, 1.54) is 6.92 Å². The van der Waals surface area contributed by atoms with Crippen LogP contribution >= 0.6 is 11.6 Å². The highest BCUT2D eigenvalue weighted by atomic mass is 35.5. The Hall–Kier alpha value is -1.26. The molecule has 1 rings (SSSR count). The van der Waals surface area contributed by atoms with Gasteiger partial charge in [-0.05, 0) is 31.2 Å². The van der Waals surface area contributed by atoms with Gasteiger partial charge in [0, 0.05) is 24.3 Å². The van der Waals surface area contributed by atoms with E-state index < -0.39 is 11.5 Å². The van der Waals surface area contributed by atoms with Crippen molar-refractivity contribution in [3.63, 3.8) is 0 Å². The van der Waals surface area contributed by atoms with Crippen molar-refractivity contribution in [2.45, 2.75) is 12.5 Å². The van der Waals surface area contributed by atoms with Gasteiger partial charge in [-0.25, -0.2) is 0 Å². The Kier molecular flexibility index (Phi) is 3.78. The molecule has 0 aliphatic carbocycles. The largest absolute Gasteiger partial charge is 0.480 e. The molecule has 0 radical (unpaired) electrons. The molecule has 5 heteroatoms. The predicted octanol–water partition coefficient (Wildman–Crippen LogP) is 1.58. The third kappa shape index (κ3) is 3.12. The summed E-state index contributed by atoms with van der Waals surface area (Å²) in [5, 5.41) is 9.55. The number of likely N-dealkylation sites (N-methyl/N-ethyl adjacent to an activating group) is 1. The SMILES string of the molecule is CN(CC(C)(N)C(=O)O)c1ccc(Cl)cc1. The molecule has 0 amide bonds. The van der Waals surface area contributed by atoms with Crippen LogP contribution in [0.3, 0.4) is 0 Å². The number of hydrogen-bond acceptors (Lipinski definition) is 3. The molecular formula is C11H15ClN2O2. The molecule has 0 fully saturated rings. The van der Waals surface area contributed by atoms with Gasteiger partial charge in [0.25, 0.3) is 0 Å². The number of nitrogens with zero attached hydrogens (tertiary/aromatic N) is 1. The molecule has 1 unspecified atom stereocenters. The molecule has 0 heterocycles. The summed E-state index contributed by atoms with van der Waals surface area (Å²) >= 11 is 5.76. The summed E-state index contributed by atoms with van der Waals surface area (Å²) in [5.74, 6) is -1.02. The molecule has 0 aliphatic heterocycles. The number of halogens is 1. The van der Waals surface area contributed by atoms with Gasteiger partial charge in [0.2, 0.25) is 0 Å². The smallest absolute Gasteiger partial charge is 0.325 e. The number of carbonyl (C=O) groups is 1. The molecule has 0 spiro atoms. The first kappa shape index (κ1) is 12.8. The van der Waals surface area contributed by atoms with Gasteiger partial charge in [-0.1, -0.05) is 11.6 Å². The van der Waals surface area contributed by atoms with Crippen LogP contribution in [0.5, 0.6) is 0 Å². The van der Waals surface area contributed by atoms with Crippen molar-refractivity contribution in [2.24, 2.45) is 5.73 Å². The van der Waals surface area contributed by atoms with Crippen LogP contribution in [0.1, 0.15) is 6.92 Å². The van der Waals surface area contributed by atoms with Crippen LogP contribution in [0.2, 0.25) is 5.02 Å². The van der Waals surface area contributed by atoms with E-state index in [1.807, 2.05) is 12.1 Å². The van der Waals surface area contributed by atoms with Gasteiger partial charge in [-0.15, -0.1) is 0 Å². The Morgan fingerprint density at radius 1 is 1.50 bits per heavy atom. The minimum atomic E-state index is -1.27. The second-order valence-electron chi connectivity index (χ2n) is 4.06. The molecule has 1 atom stereocenters. The minimum absolute atomic E-state index is 0.226. The summed E-state index contributed by atoms with van der Waals surface area (Å²) in [6.45, 7) is 1.71. The number of nitrogens with two attached hydrogens (primary N) is 1. The maximum absolute atomic E-state index is 10.9. The highest BCUT2D eigenvalue weighted by molar-refractivity contribution is 6.30. The van der Waals surface area contributed by atoms with Crippen molar-refractivity contribution >= 4 is 23.3 Å². The van der Waals surface area contributed by atoms with E-state index in [0.29, 0.717) is 5.02 Å². The molecule has 88 valence electrons. The quantitative estimate of drug-likeness (QED) is 0.841. The van der Waals surface area contributed by atoms with E-state index in [9.17, 15) is 4.79 Å². The maximum atomic E-state index is 10.9. The molecule has 0 bridgehead atoms. The first-order valence-corrected chi connectivity index (χ1v) is 5.20. The summed E-state index contributed by atoms with van der Waals surface area (Å²) in [6.07, 6.45) is 0. The van der Waals surface area contributed by atoms with Crippen LogP contribution in [0.4, 0.5) is 5.69 Å². The van der Waals surface area contributed by atoms with Crippen molar-refractivity contribution < 1.29 is 9.90 Å². The fourth-order valence-corrected chi connectivity index (χ4v) is 1.47. The Balaban J connectivity index is 2.76. The lowest BCUT2D eigenvalue weighted by molar-refractivity contribution is -0.142. The van der Waals surface area contributed by atoms with Gasteiger partial charge >= 0.3 is 5.97 Å². The molecule has 0 saturated heterocycles. The Morgan fingerprint density at radius 2 is 2.00 bits per heavy atom. The molecule has 3 N–H and O–H groups in total. The maximum Gasteiger partial charge on any atom is 0.325 e. The summed E-state index contributed by atoms with van der Waals surface area (Å²) in [7, 11) is 1.79. The monoisotopic (exact) mass is 242 g/mol. The number of hydrogen-bond donors (Lipinski definition) is 2. The van der Waals surface area contributed by atoms with Crippen molar-refractivity contribution in [3.8, 4) is 0 Å². The number of benzene rings is 1. The molecular weight excluding hydrogens is 228 g/mol. The van der Waals surface area contributed by atoms with E-state index in [-0.39, 0.29) is 6.54 Å². The molecule has 0 aromatic heterocycles. The van der Waals surface area contributed by atoms with Crippen LogP contribution in [-0.2, 0) is 4.79 Å². The highest BCUT2D eigenvalue weighted by Crippen LogP contribution is 2.18. The van der Waals surface area contributed by atoms with Crippen molar-refractivity contribution in [2.75, 3.05) is 18.5 Å². The molecule has 0 saturated carbocycles. The van der Waals surface area contributed by atoms with E-state index in [4.69, 9.17) is 22.4 Å². The van der Waals surface area contributed by atoms with Crippen molar-refractivity contribution in [1.82, 2.24) is 0 Å². The topological polar surface area (TPSA) is 66.6 Å². The van der Waals surface area contributed by atoms with E-state index >= 15 is 0 Å². The highest BCUT2D eigenvalue weighted by Gasteiger charge is 2.29. The Labute approximate surface area is 99.6 Å². The number of aliphatic carboxylic acids is 1. The van der Waals surface area contributed by atoms with Gasteiger partial charge in [0.05, 0.1) is 0 Å². The standard InChI is InChI=1S/C11H15ClN2O2/c1-11(13,10(15)16)7-14(2)9-5-3-8(12)4-6-9/h3-6H,7,13H2,1-2H3,(H,15,16). The molecule has 0 aliphatic rings.